The Kier molecular flexibility index (Phi) is 6.13. The normalized spacial score (nSPS) is 28.1. The van der Waals surface area contributed by atoms with Crippen LogP contribution in [0.3, 0.4) is 0 Å². The first-order valence-corrected chi connectivity index (χ1v) is 13.3. The van der Waals surface area contributed by atoms with Crippen LogP contribution in [0.25, 0.3) is 0 Å². The highest BCUT2D eigenvalue weighted by molar-refractivity contribution is 6.26. The van der Waals surface area contributed by atoms with E-state index in [0.717, 1.165) is 9.80 Å². The molecule has 3 aliphatic carbocycles. The molecule has 1 saturated carbocycles. The smallest absolute Gasteiger partial charge is 0.310 e. The van der Waals surface area contributed by atoms with Gasteiger partial charge >= 0.3 is 11.9 Å². The fraction of sp³-hybridized carbons (Fsp3) is 0.333. The van der Waals surface area contributed by atoms with Crippen molar-refractivity contribution in [2.45, 2.75) is 26.7 Å². The number of esters is 2. The Morgan fingerprint density at radius 1 is 0.625 bits per heavy atom. The van der Waals surface area contributed by atoms with Gasteiger partial charge in [0, 0.05) is 36.8 Å². The molecule has 0 radical (unpaired) electrons. The maximum absolute atomic E-state index is 13.7. The van der Waals surface area contributed by atoms with Crippen molar-refractivity contribution < 1.29 is 38.2 Å². The molecule has 10 heteroatoms. The van der Waals surface area contributed by atoms with Crippen molar-refractivity contribution in [1.82, 2.24) is 0 Å². The summed E-state index contributed by atoms with van der Waals surface area (Å²) in [6.07, 6.45) is 3.91. The van der Waals surface area contributed by atoms with Crippen molar-refractivity contribution in [3.63, 3.8) is 0 Å². The molecular formula is C30H26N2O8. The van der Waals surface area contributed by atoms with E-state index in [2.05, 4.69) is 0 Å². The summed E-state index contributed by atoms with van der Waals surface area (Å²) in [4.78, 5) is 80.6. The summed E-state index contributed by atoms with van der Waals surface area (Å²) in [7, 11) is 0. The molecule has 0 spiro atoms. The van der Waals surface area contributed by atoms with Gasteiger partial charge in [-0.25, -0.2) is 9.80 Å². The van der Waals surface area contributed by atoms with Crippen LogP contribution in [0, 0.1) is 35.5 Å². The van der Waals surface area contributed by atoms with Crippen molar-refractivity contribution in [3.8, 4) is 11.5 Å². The lowest BCUT2D eigenvalue weighted by molar-refractivity contribution is -0.137. The highest BCUT2D eigenvalue weighted by Gasteiger charge is 2.68. The Balaban J connectivity index is 1.31. The zero-order chi connectivity index (χ0) is 28.3. The first kappa shape index (κ1) is 25.7. The largest absolute Gasteiger partial charge is 0.426 e. The second-order valence-electron chi connectivity index (χ2n) is 10.3. The highest BCUT2D eigenvalue weighted by atomic mass is 16.5. The molecule has 2 aromatic rings. The summed E-state index contributed by atoms with van der Waals surface area (Å²) in [5.74, 6) is -6.69. The second kappa shape index (κ2) is 9.55. The number of allylic oxidation sites excluding steroid dienone is 2. The van der Waals surface area contributed by atoms with Crippen LogP contribution in [0.5, 0.6) is 11.5 Å². The molecule has 40 heavy (non-hydrogen) atoms. The van der Waals surface area contributed by atoms with E-state index in [1.165, 1.54) is 12.1 Å². The van der Waals surface area contributed by atoms with Crippen molar-refractivity contribution >= 4 is 46.9 Å². The van der Waals surface area contributed by atoms with Crippen molar-refractivity contribution in [2.75, 3.05) is 9.80 Å². The van der Waals surface area contributed by atoms with Crippen LogP contribution in [-0.4, -0.2) is 35.6 Å². The van der Waals surface area contributed by atoms with E-state index in [-0.39, 0.29) is 35.7 Å². The maximum Gasteiger partial charge on any atom is 0.310 e. The SMILES string of the molecule is CCC(=O)Oc1cccc(N2C(=O)[C@@H]3C4C=CC([C@H]3C2=O)[C@@H]2C(=O)N(c3cccc(OC(=O)CC)c3)C(=O)[C@@H]42)c1. The summed E-state index contributed by atoms with van der Waals surface area (Å²) in [6, 6.07) is 12.4. The number of hydrogen-bond acceptors (Lipinski definition) is 8. The minimum atomic E-state index is -0.792. The molecule has 2 bridgehead atoms. The predicted molar refractivity (Wildman–Crippen MR) is 140 cm³/mol. The van der Waals surface area contributed by atoms with E-state index in [9.17, 15) is 28.8 Å². The molecule has 2 aliphatic heterocycles. The van der Waals surface area contributed by atoms with Crippen LogP contribution in [0.15, 0.2) is 60.7 Å². The zero-order valence-corrected chi connectivity index (χ0v) is 21.8. The van der Waals surface area contributed by atoms with E-state index < -0.39 is 71.1 Å². The molecule has 5 aliphatic rings. The molecule has 7 rings (SSSR count). The molecule has 2 aromatic carbocycles. The molecule has 10 nitrogen and oxygen atoms in total. The Labute approximate surface area is 229 Å². The van der Waals surface area contributed by atoms with E-state index in [1.54, 1.807) is 62.4 Å². The number of hydrogen-bond donors (Lipinski definition) is 0. The van der Waals surface area contributed by atoms with E-state index in [4.69, 9.17) is 9.47 Å². The van der Waals surface area contributed by atoms with Gasteiger partial charge in [-0.3, -0.25) is 28.8 Å². The number of amides is 4. The Hall–Kier alpha value is -4.60. The number of rotatable bonds is 6. The summed E-state index contributed by atoms with van der Waals surface area (Å²) in [6.45, 7) is 3.32. The van der Waals surface area contributed by atoms with E-state index in [0.29, 0.717) is 0 Å². The second-order valence-corrected chi connectivity index (χ2v) is 10.3. The van der Waals surface area contributed by atoms with Crippen molar-refractivity contribution in [3.05, 3.63) is 60.7 Å². The van der Waals surface area contributed by atoms with Gasteiger partial charge in [-0.2, -0.15) is 0 Å². The molecule has 2 unspecified atom stereocenters. The van der Waals surface area contributed by atoms with Gasteiger partial charge in [0.15, 0.2) is 0 Å². The van der Waals surface area contributed by atoms with Gasteiger partial charge in [-0.05, 0) is 24.3 Å². The third-order valence-electron chi connectivity index (χ3n) is 8.20. The molecule has 4 amide bonds. The predicted octanol–water partition coefficient (Wildman–Crippen LogP) is 3.04. The minimum absolute atomic E-state index is 0.168. The van der Waals surface area contributed by atoms with Crippen molar-refractivity contribution in [1.29, 1.82) is 0 Å². The lowest BCUT2D eigenvalue weighted by Gasteiger charge is -2.44. The molecular weight excluding hydrogens is 516 g/mol. The third-order valence-corrected chi connectivity index (χ3v) is 8.20. The van der Waals surface area contributed by atoms with Gasteiger partial charge < -0.3 is 9.47 Å². The molecule has 0 N–H and O–H groups in total. The van der Waals surface area contributed by atoms with Crippen LogP contribution < -0.4 is 19.3 Å². The lowest BCUT2D eigenvalue weighted by Crippen LogP contribution is -2.50. The van der Waals surface area contributed by atoms with Gasteiger partial charge in [0.2, 0.25) is 23.6 Å². The van der Waals surface area contributed by atoms with E-state index >= 15 is 0 Å². The molecule has 3 fully saturated rings. The van der Waals surface area contributed by atoms with Crippen molar-refractivity contribution in [2.24, 2.45) is 35.5 Å². The minimum Gasteiger partial charge on any atom is -0.426 e. The fourth-order valence-corrected chi connectivity index (χ4v) is 6.51. The first-order valence-electron chi connectivity index (χ1n) is 13.3. The van der Waals surface area contributed by atoms with E-state index in [1.807, 2.05) is 0 Å². The number of benzene rings is 2. The standard InChI is InChI=1S/C30H26N2O8/c1-3-21(33)39-17-9-5-7-15(13-17)31-27(35)23-19-11-12-20(24(23)28(31)36)26-25(19)29(37)32(30(26)38)16-8-6-10-18(14-16)40-22(34)4-2/h5-14,19-20,23-26H,3-4H2,1-2H3/t19?,20?,23-,24-,25+,26+. The first-order chi connectivity index (χ1) is 19.2. The third kappa shape index (κ3) is 3.77. The van der Waals surface area contributed by atoms with Crippen LogP contribution in [-0.2, 0) is 28.8 Å². The molecule has 204 valence electrons. The van der Waals surface area contributed by atoms with Crippen LogP contribution in [0.1, 0.15) is 26.7 Å². The Bertz CT molecular complexity index is 1360. The number of anilines is 2. The quantitative estimate of drug-likeness (QED) is 0.236. The Morgan fingerprint density at radius 2 is 0.975 bits per heavy atom. The molecule has 0 aromatic heterocycles. The maximum atomic E-state index is 13.7. The number of imide groups is 2. The number of carbonyl (C=O) groups excluding carboxylic acids is 6. The molecule has 2 heterocycles. The molecule has 2 saturated heterocycles. The van der Waals surface area contributed by atoms with Crippen LogP contribution in [0.4, 0.5) is 11.4 Å². The van der Waals surface area contributed by atoms with Gasteiger partial charge in [0.1, 0.15) is 11.5 Å². The Morgan fingerprint density at radius 3 is 1.30 bits per heavy atom. The number of nitrogens with zero attached hydrogens (tertiary/aromatic N) is 2. The number of carbonyl (C=O) groups is 6. The van der Waals surface area contributed by atoms with Gasteiger partial charge in [-0.1, -0.05) is 38.1 Å². The van der Waals surface area contributed by atoms with Gasteiger partial charge in [0.25, 0.3) is 0 Å². The average Bonchev–Trinajstić information content (AvgIpc) is 3.40. The van der Waals surface area contributed by atoms with Crippen LogP contribution >= 0.6 is 0 Å². The number of ether oxygens (including phenoxy) is 2. The van der Waals surface area contributed by atoms with Gasteiger partial charge in [-0.15, -0.1) is 0 Å². The molecule has 6 atom stereocenters. The van der Waals surface area contributed by atoms with Crippen LogP contribution in [0.2, 0.25) is 0 Å². The summed E-state index contributed by atoms with van der Waals surface area (Å²) >= 11 is 0. The summed E-state index contributed by atoms with van der Waals surface area (Å²) in [5, 5.41) is 0. The summed E-state index contributed by atoms with van der Waals surface area (Å²) in [5.41, 5.74) is 0.543. The average molecular weight is 543 g/mol. The monoisotopic (exact) mass is 542 g/mol. The zero-order valence-electron chi connectivity index (χ0n) is 21.8. The lowest BCUT2D eigenvalue weighted by atomic mass is 9.54. The fourth-order valence-electron chi connectivity index (χ4n) is 6.51. The highest BCUT2D eigenvalue weighted by Crippen LogP contribution is 2.58. The topological polar surface area (TPSA) is 127 Å². The summed E-state index contributed by atoms with van der Waals surface area (Å²) < 4.78 is 10.5. The van der Waals surface area contributed by atoms with Gasteiger partial charge in [0.05, 0.1) is 35.0 Å².